The lowest BCUT2D eigenvalue weighted by Gasteiger charge is -2.11. The van der Waals surface area contributed by atoms with E-state index in [9.17, 15) is 0 Å². The van der Waals surface area contributed by atoms with E-state index in [0.717, 1.165) is 61.6 Å². The number of benzene rings is 2. The number of nitrogens with zero attached hydrogens (tertiary/aromatic N) is 3. The SMILES string of the molecule is CN(C)CCCCNCc1ccc(-c2cc(-c3ccc(CNCCCCN(C)C)cc3)c3cc[nH]c3n2)cc1. The highest BCUT2D eigenvalue weighted by molar-refractivity contribution is 5.95. The zero-order valence-electron chi connectivity index (χ0n) is 24.3. The Labute approximate surface area is 234 Å². The van der Waals surface area contributed by atoms with Crippen LogP contribution in [-0.2, 0) is 13.1 Å². The van der Waals surface area contributed by atoms with E-state index in [1.165, 1.54) is 47.9 Å². The Morgan fingerprint density at radius 2 is 1.21 bits per heavy atom. The van der Waals surface area contributed by atoms with Gasteiger partial charge in [0.1, 0.15) is 5.65 Å². The molecule has 0 saturated carbocycles. The summed E-state index contributed by atoms with van der Waals surface area (Å²) in [6, 6.07) is 22.1. The lowest BCUT2D eigenvalue weighted by molar-refractivity contribution is 0.391. The Morgan fingerprint density at radius 1 is 0.667 bits per heavy atom. The fourth-order valence-corrected chi connectivity index (χ4v) is 4.84. The molecule has 0 amide bonds. The van der Waals surface area contributed by atoms with Crippen LogP contribution in [0.2, 0.25) is 0 Å². The first-order valence-electron chi connectivity index (χ1n) is 14.4. The minimum absolute atomic E-state index is 0.897. The summed E-state index contributed by atoms with van der Waals surface area (Å²) in [5.41, 5.74) is 8.09. The smallest absolute Gasteiger partial charge is 0.138 e. The molecule has 0 spiro atoms. The molecule has 0 atom stereocenters. The van der Waals surface area contributed by atoms with E-state index in [-0.39, 0.29) is 0 Å². The van der Waals surface area contributed by atoms with Crippen LogP contribution in [0.3, 0.4) is 0 Å². The van der Waals surface area contributed by atoms with Gasteiger partial charge in [0.05, 0.1) is 5.69 Å². The summed E-state index contributed by atoms with van der Waals surface area (Å²) in [6.07, 6.45) is 6.84. The number of aromatic nitrogens is 2. The van der Waals surface area contributed by atoms with Crippen molar-refractivity contribution in [1.82, 2.24) is 30.4 Å². The minimum atomic E-state index is 0.897. The molecule has 4 aromatic rings. The van der Waals surface area contributed by atoms with Gasteiger partial charge in [0, 0.05) is 30.2 Å². The first-order chi connectivity index (χ1) is 19.0. The fourth-order valence-electron chi connectivity index (χ4n) is 4.84. The number of hydrogen-bond donors (Lipinski definition) is 3. The van der Waals surface area contributed by atoms with Crippen LogP contribution in [0.1, 0.15) is 36.8 Å². The topological polar surface area (TPSA) is 59.2 Å². The fraction of sp³-hybridized carbons (Fsp3) is 0.424. The molecule has 3 N–H and O–H groups in total. The largest absolute Gasteiger partial charge is 0.346 e. The van der Waals surface area contributed by atoms with Crippen LogP contribution in [0, 0.1) is 0 Å². The zero-order valence-corrected chi connectivity index (χ0v) is 24.3. The van der Waals surface area contributed by atoms with E-state index in [0.29, 0.717) is 0 Å². The number of H-pyrrole nitrogens is 1. The maximum Gasteiger partial charge on any atom is 0.138 e. The Kier molecular flexibility index (Phi) is 11.1. The molecule has 2 aromatic carbocycles. The molecule has 6 heteroatoms. The quantitative estimate of drug-likeness (QED) is 0.162. The lowest BCUT2D eigenvalue weighted by atomic mass is 9.99. The third-order valence-corrected chi connectivity index (χ3v) is 7.12. The van der Waals surface area contributed by atoms with E-state index < -0.39 is 0 Å². The summed E-state index contributed by atoms with van der Waals surface area (Å²) in [5, 5.41) is 8.31. The first-order valence-corrected chi connectivity index (χ1v) is 14.4. The van der Waals surface area contributed by atoms with Gasteiger partial charge in [0.25, 0.3) is 0 Å². The van der Waals surface area contributed by atoms with Gasteiger partial charge in [-0.1, -0.05) is 48.5 Å². The highest BCUT2D eigenvalue weighted by Crippen LogP contribution is 2.32. The average molecular weight is 527 g/mol. The third kappa shape index (κ3) is 9.01. The number of pyridine rings is 1. The van der Waals surface area contributed by atoms with Crippen LogP contribution >= 0.6 is 0 Å². The average Bonchev–Trinajstić information content (AvgIpc) is 3.41. The van der Waals surface area contributed by atoms with Crippen molar-refractivity contribution in [2.75, 3.05) is 54.4 Å². The van der Waals surface area contributed by atoms with Crippen molar-refractivity contribution in [2.45, 2.75) is 38.8 Å². The number of unbranched alkanes of at least 4 members (excludes halogenated alkanes) is 2. The maximum atomic E-state index is 4.94. The lowest BCUT2D eigenvalue weighted by Crippen LogP contribution is -2.18. The minimum Gasteiger partial charge on any atom is -0.346 e. The molecule has 0 fully saturated rings. The number of rotatable bonds is 16. The third-order valence-electron chi connectivity index (χ3n) is 7.12. The standard InChI is InChI=1S/C33H46N6/c1-38(2)21-7-5-18-34-24-26-9-13-28(14-10-26)31-23-32(37-33-30(31)17-20-36-33)29-15-11-27(12-16-29)25-35-19-6-8-22-39(3)4/h9-17,20,23,34-35H,5-8,18-19,21-22,24-25H2,1-4H3,(H,36,37). The Hall–Kier alpha value is -3.03. The first kappa shape index (κ1) is 29.0. The monoisotopic (exact) mass is 526 g/mol. The van der Waals surface area contributed by atoms with E-state index in [4.69, 9.17) is 4.98 Å². The van der Waals surface area contributed by atoms with Gasteiger partial charge in [0.2, 0.25) is 0 Å². The highest BCUT2D eigenvalue weighted by Gasteiger charge is 2.11. The van der Waals surface area contributed by atoms with Crippen LogP contribution in [0.25, 0.3) is 33.4 Å². The van der Waals surface area contributed by atoms with Gasteiger partial charge >= 0.3 is 0 Å². The second-order valence-electron chi connectivity index (χ2n) is 11.1. The highest BCUT2D eigenvalue weighted by atomic mass is 15.1. The van der Waals surface area contributed by atoms with Gasteiger partial charge in [-0.05, 0) is 114 Å². The number of hydrogen-bond acceptors (Lipinski definition) is 5. The van der Waals surface area contributed by atoms with Crippen LogP contribution in [0.4, 0.5) is 0 Å². The number of fused-ring (bicyclic) bond motifs is 1. The van der Waals surface area contributed by atoms with Crippen molar-refractivity contribution in [3.05, 3.63) is 78.0 Å². The van der Waals surface area contributed by atoms with E-state index in [2.05, 4.69) is 114 Å². The summed E-state index contributed by atoms with van der Waals surface area (Å²) in [4.78, 5) is 12.8. The molecule has 0 saturated heterocycles. The molecule has 2 heterocycles. The predicted molar refractivity (Wildman–Crippen MR) is 166 cm³/mol. The summed E-state index contributed by atoms with van der Waals surface area (Å²) >= 11 is 0. The predicted octanol–water partition coefficient (Wildman–Crippen LogP) is 5.76. The van der Waals surface area contributed by atoms with Crippen molar-refractivity contribution < 1.29 is 0 Å². The van der Waals surface area contributed by atoms with Gasteiger partial charge < -0.3 is 25.4 Å². The second-order valence-corrected chi connectivity index (χ2v) is 11.1. The molecule has 39 heavy (non-hydrogen) atoms. The van der Waals surface area contributed by atoms with E-state index in [1.807, 2.05) is 6.20 Å². The molecule has 0 aliphatic heterocycles. The van der Waals surface area contributed by atoms with Crippen LogP contribution < -0.4 is 10.6 Å². The molecular weight excluding hydrogens is 480 g/mol. The molecule has 0 aliphatic carbocycles. The van der Waals surface area contributed by atoms with E-state index in [1.54, 1.807) is 0 Å². The molecule has 6 nitrogen and oxygen atoms in total. The summed E-state index contributed by atoms with van der Waals surface area (Å²) in [5.74, 6) is 0. The number of nitrogens with one attached hydrogen (secondary N) is 3. The maximum absolute atomic E-state index is 4.94. The normalized spacial score (nSPS) is 11.7. The summed E-state index contributed by atoms with van der Waals surface area (Å²) in [7, 11) is 8.52. The number of aromatic amines is 1. The van der Waals surface area contributed by atoms with Crippen LogP contribution in [0.15, 0.2) is 66.9 Å². The Balaban J connectivity index is 1.37. The zero-order chi connectivity index (χ0) is 27.5. The van der Waals surface area contributed by atoms with Gasteiger partial charge in [-0.2, -0.15) is 0 Å². The van der Waals surface area contributed by atoms with Gasteiger partial charge in [-0.25, -0.2) is 4.98 Å². The molecule has 0 unspecified atom stereocenters. The van der Waals surface area contributed by atoms with Crippen molar-refractivity contribution in [2.24, 2.45) is 0 Å². The second kappa shape index (κ2) is 14.9. The van der Waals surface area contributed by atoms with Gasteiger partial charge in [0.15, 0.2) is 0 Å². The van der Waals surface area contributed by atoms with Crippen LogP contribution in [-0.4, -0.2) is 74.1 Å². The molecular formula is C33H46N6. The van der Waals surface area contributed by atoms with Crippen molar-refractivity contribution >= 4 is 11.0 Å². The summed E-state index contributed by atoms with van der Waals surface area (Å²) < 4.78 is 0. The Bertz CT molecular complexity index is 1260. The Morgan fingerprint density at radius 3 is 1.74 bits per heavy atom. The molecule has 0 radical (unpaired) electrons. The van der Waals surface area contributed by atoms with Crippen molar-refractivity contribution in [3.63, 3.8) is 0 Å². The van der Waals surface area contributed by atoms with Gasteiger partial charge in [-0.3, -0.25) is 0 Å². The van der Waals surface area contributed by atoms with Crippen LogP contribution in [0.5, 0.6) is 0 Å². The molecule has 4 rings (SSSR count). The molecule has 0 bridgehead atoms. The van der Waals surface area contributed by atoms with E-state index >= 15 is 0 Å². The molecule has 208 valence electrons. The van der Waals surface area contributed by atoms with Gasteiger partial charge in [-0.15, -0.1) is 0 Å². The summed E-state index contributed by atoms with van der Waals surface area (Å²) in [6.45, 7) is 6.20. The molecule has 2 aromatic heterocycles. The van der Waals surface area contributed by atoms with Crippen molar-refractivity contribution in [1.29, 1.82) is 0 Å². The van der Waals surface area contributed by atoms with Crippen molar-refractivity contribution in [3.8, 4) is 22.4 Å². The molecule has 0 aliphatic rings.